The van der Waals surface area contributed by atoms with Crippen molar-refractivity contribution in [1.29, 1.82) is 0 Å². The van der Waals surface area contributed by atoms with E-state index >= 15 is 0 Å². The van der Waals surface area contributed by atoms with E-state index in [1.165, 1.54) is 0 Å². The number of carbonyl (C=O) groups is 4. The third-order valence-electron chi connectivity index (χ3n) is 9.78. The highest BCUT2D eigenvalue weighted by Gasteiger charge is 2.50. The number of azide groups is 1. The quantitative estimate of drug-likeness (QED) is 0.0838. The second-order valence-corrected chi connectivity index (χ2v) is 14.2. The molecule has 4 rings (SSSR count). The molecule has 5 N–H and O–H groups in total. The standard InChI is InChI=1S/C37H51N7O5/c1-23(2)32(36(48)40-29(33(45)37(4)22-49-37)18-26-12-10-24(3)11-13-26)42-34(46)30(19-27-14-16-28(21-38)17-15-27)41-35(47)31(43-44-39)20-25-8-6-5-7-9-25/h5-9,14-17,23-24,26,29-32H,10-13,18-22,38H2,1-4H3,(H,40,48)(H,41,47)(H,42,46)/t24?,26?,29-,30-,31?,32-,37+/m0/s1. The molecule has 1 aliphatic carbocycles. The van der Waals surface area contributed by atoms with Crippen LogP contribution < -0.4 is 21.7 Å². The van der Waals surface area contributed by atoms with Crippen LogP contribution in [-0.2, 0) is 43.3 Å². The first-order chi connectivity index (χ1) is 23.4. The summed E-state index contributed by atoms with van der Waals surface area (Å²) in [6.07, 6.45) is 4.95. The van der Waals surface area contributed by atoms with E-state index in [0.29, 0.717) is 31.4 Å². The van der Waals surface area contributed by atoms with E-state index in [1.807, 2.05) is 68.4 Å². The third-order valence-corrected chi connectivity index (χ3v) is 9.78. The Hall–Kier alpha value is -4.25. The lowest BCUT2D eigenvalue weighted by Gasteiger charge is -2.31. The summed E-state index contributed by atoms with van der Waals surface area (Å²) in [7, 11) is 0. The highest BCUT2D eigenvalue weighted by Crippen LogP contribution is 2.34. The molecule has 0 spiro atoms. The molecule has 1 saturated carbocycles. The number of amides is 3. The molecule has 1 heterocycles. The number of hydrogen-bond donors (Lipinski definition) is 4. The zero-order chi connectivity index (χ0) is 35.6. The molecule has 2 fully saturated rings. The third kappa shape index (κ3) is 10.9. The zero-order valence-electron chi connectivity index (χ0n) is 29.1. The van der Waals surface area contributed by atoms with Gasteiger partial charge in [-0.05, 0) is 59.7 Å². The normalized spacial score (nSPS) is 22.5. The minimum atomic E-state index is -1.10. The van der Waals surface area contributed by atoms with Crippen molar-refractivity contribution in [2.75, 3.05) is 6.61 Å². The van der Waals surface area contributed by atoms with Crippen LogP contribution in [0, 0.1) is 17.8 Å². The minimum absolute atomic E-state index is 0.111. The molecule has 0 radical (unpaired) electrons. The van der Waals surface area contributed by atoms with Crippen LogP contribution >= 0.6 is 0 Å². The van der Waals surface area contributed by atoms with Crippen LogP contribution in [0.2, 0.25) is 0 Å². The van der Waals surface area contributed by atoms with Crippen molar-refractivity contribution in [3.05, 3.63) is 81.7 Å². The summed E-state index contributed by atoms with van der Waals surface area (Å²) in [6.45, 7) is 8.28. The van der Waals surface area contributed by atoms with Gasteiger partial charge in [-0.15, -0.1) is 0 Å². The molecule has 1 saturated heterocycles. The largest absolute Gasteiger partial charge is 0.361 e. The van der Waals surface area contributed by atoms with Gasteiger partial charge >= 0.3 is 0 Å². The highest BCUT2D eigenvalue weighted by atomic mass is 16.6. The fourth-order valence-corrected chi connectivity index (χ4v) is 6.41. The Bertz CT molecular complexity index is 1480. The van der Waals surface area contributed by atoms with Gasteiger partial charge in [0.1, 0.15) is 23.7 Å². The Balaban J connectivity index is 1.52. The first-order valence-electron chi connectivity index (χ1n) is 17.4. The number of ether oxygens (including phenoxy) is 1. The Morgan fingerprint density at radius 2 is 1.47 bits per heavy atom. The SMILES string of the molecule is CC1CCC(C[C@H](NC(=O)[C@@H](NC(=O)[C@H](Cc2ccc(CN)cc2)NC(=O)C(Cc2ccccc2)N=[N+]=[N-])C(C)C)C(=O)[C@@]2(C)CO2)CC1. The molecule has 49 heavy (non-hydrogen) atoms. The molecular formula is C37H51N7O5. The Kier molecular flexibility index (Phi) is 13.4. The molecule has 1 aliphatic heterocycles. The van der Waals surface area contributed by atoms with Gasteiger partial charge in [0.2, 0.25) is 17.7 Å². The minimum Gasteiger partial charge on any atom is -0.361 e. The van der Waals surface area contributed by atoms with Crippen LogP contribution in [0.1, 0.15) is 76.5 Å². The summed E-state index contributed by atoms with van der Waals surface area (Å²) in [5, 5.41) is 12.3. The molecule has 5 atom stereocenters. The van der Waals surface area contributed by atoms with Gasteiger partial charge in [0.05, 0.1) is 12.6 Å². The van der Waals surface area contributed by atoms with Crippen molar-refractivity contribution in [3.63, 3.8) is 0 Å². The average Bonchev–Trinajstić information content (AvgIpc) is 3.85. The van der Waals surface area contributed by atoms with Crippen LogP contribution in [0.5, 0.6) is 0 Å². The average molecular weight is 674 g/mol. The van der Waals surface area contributed by atoms with E-state index in [-0.39, 0.29) is 24.5 Å². The van der Waals surface area contributed by atoms with Crippen molar-refractivity contribution in [2.45, 2.75) is 109 Å². The second-order valence-electron chi connectivity index (χ2n) is 14.2. The Labute approximate surface area is 288 Å². The number of epoxide rings is 1. The summed E-state index contributed by atoms with van der Waals surface area (Å²) in [6, 6.07) is 12.6. The number of rotatable bonds is 17. The highest BCUT2D eigenvalue weighted by molar-refractivity contribution is 5.98. The van der Waals surface area contributed by atoms with Gasteiger partial charge in [0.15, 0.2) is 5.78 Å². The zero-order valence-corrected chi connectivity index (χ0v) is 29.1. The van der Waals surface area contributed by atoms with Crippen molar-refractivity contribution in [3.8, 4) is 0 Å². The lowest BCUT2D eigenvalue weighted by molar-refractivity contribution is -0.135. The summed E-state index contributed by atoms with van der Waals surface area (Å²) in [4.78, 5) is 57.8. The van der Waals surface area contributed by atoms with Gasteiger partial charge in [0.25, 0.3) is 0 Å². The fourth-order valence-electron chi connectivity index (χ4n) is 6.41. The molecule has 12 heteroatoms. The molecule has 12 nitrogen and oxygen atoms in total. The smallest absolute Gasteiger partial charge is 0.243 e. The van der Waals surface area contributed by atoms with E-state index in [4.69, 9.17) is 10.5 Å². The predicted octanol–water partition coefficient (Wildman–Crippen LogP) is 4.29. The van der Waals surface area contributed by atoms with E-state index in [9.17, 15) is 24.7 Å². The molecule has 264 valence electrons. The Morgan fingerprint density at radius 1 is 0.878 bits per heavy atom. The predicted molar refractivity (Wildman–Crippen MR) is 187 cm³/mol. The van der Waals surface area contributed by atoms with Gasteiger partial charge in [0, 0.05) is 17.9 Å². The lowest BCUT2D eigenvalue weighted by atomic mass is 9.78. The molecule has 2 aromatic rings. The molecule has 3 amide bonds. The van der Waals surface area contributed by atoms with Crippen molar-refractivity contribution >= 4 is 23.5 Å². The number of ketones is 1. The van der Waals surface area contributed by atoms with Crippen molar-refractivity contribution < 1.29 is 23.9 Å². The number of Topliss-reactive ketones (excluding diaryl/α,β-unsaturated/α-hetero) is 1. The number of nitrogens with one attached hydrogen (secondary N) is 3. The lowest BCUT2D eigenvalue weighted by Crippen LogP contribution is -2.59. The first kappa shape index (κ1) is 37.6. The van der Waals surface area contributed by atoms with E-state index < -0.39 is 47.5 Å². The number of nitrogens with zero attached hydrogens (tertiary/aromatic N) is 3. The van der Waals surface area contributed by atoms with Gasteiger partial charge < -0.3 is 26.4 Å². The van der Waals surface area contributed by atoms with Gasteiger partial charge in [-0.3, -0.25) is 19.2 Å². The summed E-state index contributed by atoms with van der Waals surface area (Å²) in [5.41, 5.74) is 16.5. The second kappa shape index (κ2) is 17.4. The summed E-state index contributed by atoms with van der Waals surface area (Å²) in [5.74, 6) is -1.19. The Morgan fingerprint density at radius 3 is 2.04 bits per heavy atom. The van der Waals surface area contributed by atoms with Crippen LogP contribution in [-0.4, -0.2) is 59.9 Å². The first-order valence-corrected chi connectivity index (χ1v) is 17.4. The van der Waals surface area contributed by atoms with Crippen molar-refractivity contribution in [2.24, 2.45) is 28.6 Å². The molecule has 2 aliphatic rings. The molecular weight excluding hydrogens is 622 g/mol. The van der Waals surface area contributed by atoms with E-state index in [2.05, 4.69) is 32.9 Å². The topological polar surface area (TPSA) is 192 Å². The summed E-state index contributed by atoms with van der Waals surface area (Å²) < 4.78 is 5.46. The molecule has 1 unspecified atom stereocenters. The number of nitrogens with two attached hydrogens (primary N) is 1. The number of hydrogen-bond acceptors (Lipinski definition) is 7. The van der Waals surface area contributed by atoms with Crippen LogP contribution in [0.25, 0.3) is 10.4 Å². The summed E-state index contributed by atoms with van der Waals surface area (Å²) >= 11 is 0. The number of benzene rings is 2. The fraction of sp³-hybridized carbons (Fsp3) is 0.568. The molecule has 0 aromatic heterocycles. The van der Waals surface area contributed by atoms with Crippen molar-refractivity contribution in [1.82, 2.24) is 16.0 Å². The monoisotopic (exact) mass is 673 g/mol. The maximum Gasteiger partial charge on any atom is 0.243 e. The van der Waals surface area contributed by atoms with Crippen LogP contribution in [0.3, 0.4) is 0 Å². The van der Waals surface area contributed by atoms with Gasteiger partial charge in [-0.25, -0.2) is 0 Å². The molecule has 2 aromatic carbocycles. The maximum atomic E-state index is 14.0. The van der Waals surface area contributed by atoms with E-state index in [0.717, 1.165) is 42.4 Å². The number of carbonyl (C=O) groups excluding carboxylic acids is 4. The van der Waals surface area contributed by atoms with Gasteiger partial charge in [-0.2, -0.15) is 0 Å². The van der Waals surface area contributed by atoms with Crippen LogP contribution in [0.15, 0.2) is 59.7 Å². The van der Waals surface area contributed by atoms with Crippen LogP contribution in [0.4, 0.5) is 0 Å². The van der Waals surface area contributed by atoms with E-state index in [1.54, 1.807) is 6.92 Å². The maximum absolute atomic E-state index is 14.0. The molecule has 0 bridgehead atoms. The van der Waals surface area contributed by atoms with Gasteiger partial charge in [-0.1, -0.05) is 106 Å².